The molecule has 0 bridgehead atoms. The van der Waals surface area contributed by atoms with Crippen LogP contribution in [0.2, 0.25) is 0 Å². The molecule has 0 saturated carbocycles. The van der Waals surface area contributed by atoms with E-state index in [0.717, 1.165) is 24.3 Å². The van der Waals surface area contributed by atoms with Crippen LogP contribution in [-0.2, 0) is 0 Å². The van der Waals surface area contributed by atoms with Gasteiger partial charge >= 0.3 is 0 Å². The first-order valence-electron chi connectivity index (χ1n) is 7.47. The van der Waals surface area contributed by atoms with E-state index in [1.165, 1.54) is 0 Å². The van der Waals surface area contributed by atoms with Gasteiger partial charge in [0.25, 0.3) is 5.91 Å². The fourth-order valence-electron chi connectivity index (χ4n) is 1.90. The molecule has 0 fully saturated rings. The van der Waals surface area contributed by atoms with E-state index in [1.807, 2.05) is 11.8 Å². The van der Waals surface area contributed by atoms with Crippen molar-refractivity contribution in [2.45, 2.75) is 26.3 Å². The number of nitrogens with one attached hydrogen (secondary N) is 1. The minimum Gasteiger partial charge on any atom is -0.341 e. The summed E-state index contributed by atoms with van der Waals surface area (Å²) in [6, 6.07) is 6.91. The van der Waals surface area contributed by atoms with Gasteiger partial charge in [-0.15, -0.1) is 0 Å². The van der Waals surface area contributed by atoms with Gasteiger partial charge in [-0.3, -0.25) is 9.59 Å². The largest absolute Gasteiger partial charge is 0.341 e. The fourth-order valence-corrected chi connectivity index (χ4v) is 2.76. The second kappa shape index (κ2) is 8.96. The van der Waals surface area contributed by atoms with Gasteiger partial charge in [0, 0.05) is 42.7 Å². The van der Waals surface area contributed by atoms with Crippen molar-refractivity contribution in [2.75, 3.05) is 31.6 Å². The average molecular weight is 322 g/mol. The summed E-state index contributed by atoms with van der Waals surface area (Å²) in [5, 5.41) is 3.43. The Morgan fingerprint density at radius 2 is 1.95 bits per heavy atom. The summed E-state index contributed by atoms with van der Waals surface area (Å²) in [5.74, 6) is 1.80. The van der Waals surface area contributed by atoms with E-state index in [-0.39, 0.29) is 11.4 Å². The van der Waals surface area contributed by atoms with Crippen LogP contribution >= 0.6 is 11.8 Å². The molecule has 0 aliphatic rings. The van der Waals surface area contributed by atoms with E-state index in [1.54, 1.807) is 36.2 Å². The Bertz CT molecular complexity index is 498. The van der Waals surface area contributed by atoms with Crippen molar-refractivity contribution in [3.8, 4) is 0 Å². The highest BCUT2D eigenvalue weighted by molar-refractivity contribution is 7.99. The van der Waals surface area contributed by atoms with Gasteiger partial charge in [-0.2, -0.15) is 11.8 Å². The number of benzene rings is 1. The van der Waals surface area contributed by atoms with Crippen LogP contribution in [0, 0.1) is 0 Å². The quantitative estimate of drug-likeness (QED) is 0.590. The standard InChI is InChI=1S/C17H26N2O2S/c1-17(2,3)18-9-11-22-12-10-19(4)16(21)15-8-6-5-7-14(15)13-20/h5-8,13,18H,9-12H2,1-4H3. The zero-order valence-electron chi connectivity index (χ0n) is 13.9. The van der Waals surface area contributed by atoms with Crippen LogP contribution in [0.15, 0.2) is 24.3 Å². The smallest absolute Gasteiger partial charge is 0.254 e. The van der Waals surface area contributed by atoms with Crippen molar-refractivity contribution in [1.82, 2.24) is 10.2 Å². The number of hydrogen-bond acceptors (Lipinski definition) is 4. The van der Waals surface area contributed by atoms with Crippen molar-refractivity contribution < 1.29 is 9.59 Å². The van der Waals surface area contributed by atoms with Gasteiger partial charge in [-0.05, 0) is 26.8 Å². The first-order chi connectivity index (χ1) is 10.3. The Morgan fingerprint density at radius 1 is 1.27 bits per heavy atom. The second-order valence-electron chi connectivity index (χ2n) is 6.22. The molecular formula is C17H26N2O2S. The molecule has 0 heterocycles. The van der Waals surface area contributed by atoms with Gasteiger partial charge in [-0.1, -0.05) is 18.2 Å². The molecule has 0 aliphatic heterocycles. The molecule has 5 heteroatoms. The molecule has 1 aromatic carbocycles. The van der Waals surface area contributed by atoms with Crippen LogP contribution in [-0.4, -0.2) is 54.3 Å². The Balaban J connectivity index is 2.35. The van der Waals surface area contributed by atoms with E-state index in [4.69, 9.17) is 0 Å². The maximum Gasteiger partial charge on any atom is 0.254 e. The number of carbonyl (C=O) groups is 2. The zero-order valence-corrected chi connectivity index (χ0v) is 14.7. The van der Waals surface area contributed by atoms with E-state index in [0.29, 0.717) is 17.7 Å². The Kier molecular flexibility index (Phi) is 7.62. The highest BCUT2D eigenvalue weighted by Crippen LogP contribution is 2.10. The molecule has 22 heavy (non-hydrogen) atoms. The highest BCUT2D eigenvalue weighted by atomic mass is 32.2. The van der Waals surface area contributed by atoms with Crippen LogP contribution in [0.4, 0.5) is 0 Å². The number of thioether (sulfide) groups is 1. The van der Waals surface area contributed by atoms with E-state index >= 15 is 0 Å². The van der Waals surface area contributed by atoms with Gasteiger partial charge < -0.3 is 10.2 Å². The lowest BCUT2D eigenvalue weighted by Gasteiger charge is -2.21. The molecule has 1 rings (SSSR count). The minimum atomic E-state index is -0.101. The van der Waals surface area contributed by atoms with Gasteiger partial charge in [0.15, 0.2) is 6.29 Å². The van der Waals surface area contributed by atoms with Crippen LogP contribution in [0.3, 0.4) is 0 Å². The van der Waals surface area contributed by atoms with E-state index in [2.05, 4.69) is 26.1 Å². The molecule has 1 N–H and O–H groups in total. The average Bonchev–Trinajstić information content (AvgIpc) is 2.48. The summed E-state index contributed by atoms with van der Waals surface area (Å²) < 4.78 is 0. The molecule has 0 radical (unpaired) electrons. The molecular weight excluding hydrogens is 296 g/mol. The number of nitrogens with zero attached hydrogens (tertiary/aromatic N) is 1. The summed E-state index contributed by atoms with van der Waals surface area (Å²) in [6.45, 7) is 8.07. The lowest BCUT2D eigenvalue weighted by Crippen LogP contribution is -2.37. The molecule has 0 unspecified atom stereocenters. The van der Waals surface area contributed by atoms with Crippen LogP contribution < -0.4 is 5.32 Å². The number of carbonyl (C=O) groups excluding carboxylic acids is 2. The summed E-state index contributed by atoms with van der Waals surface area (Å²) in [7, 11) is 1.78. The fraction of sp³-hybridized carbons (Fsp3) is 0.529. The Hall–Kier alpha value is -1.33. The van der Waals surface area contributed by atoms with Gasteiger partial charge in [-0.25, -0.2) is 0 Å². The van der Waals surface area contributed by atoms with Gasteiger partial charge in [0.05, 0.1) is 5.56 Å². The molecule has 4 nitrogen and oxygen atoms in total. The first kappa shape index (κ1) is 18.7. The molecule has 0 spiro atoms. The summed E-state index contributed by atoms with van der Waals surface area (Å²) in [6.07, 6.45) is 0.730. The molecule has 0 aliphatic carbocycles. The summed E-state index contributed by atoms with van der Waals surface area (Å²) in [5.41, 5.74) is 1.06. The minimum absolute atomic E-state index is 0.101. The zero-order chi connectivity index (χ0) is 16.6. The maximum absolute atomic E-state index is 12.3. The third-order valence-electron chi connectivity index (χ3n) is 3.14. The summed E-state index contributed by atoms with van der Waals surface area (Å²) >= 11 is 1.82. The predicted molar refractivity (Wildman–Crippen MR) is 93.9 cm³/mol. The first-order valence-corrected chi connectivity index (χ1v) is 8.63. The maximum atomic E-state index is 12.3. The summed E-state index contributed by atoms with van der Waals surface area (Å²) in [4.78, 5) is 25.0. The van der Waals surface area contributed by atoms with Crippen molar-refractivity contribution in [1.29, 1.82) is 0 Å². The highest BCUT2D eigenvalue weighted by Gasteiger charge is 2.14. The third kappa shape index (κ3) is 6.62. The number of hydrogen-bond donors (Lipinski definition) is 1. The number of aldehydes is 1. The number of rotatable bonds is 8. The van der Waals surface area contributed by atoms with Crippen LogP contribution in [0.1, 0.15) is 41.5 Å². The third-order valence-corrected chi connectivity index (χ3v) is 4.10. The molecule has 0 saturated heterocycles. The SMILES string of the molecule is CN(CCSCCNC(C)(C)C)C(=O)c1ccccc1C=O. The number of amides is 1. The monoisotopic (exact) mass is 322 g/mol. The van der Waals surface area contributed by atoms with Crippen molar-refractivity contribution in [3.63, 3.8) is 0 Å². The normalized spacial score (nSPS) is 11.3. The molecule has 0 atom stereocenters. The van der Waals surface area contributed by atoms with E-state index < -0.39 is 0 Å². The van der Waals surface area contributed by atoms with E-state index in [9.17, 15) is 9.59 Å². The Morgan fingerprint density at radius 3 is 2.59 bits per heavy atom. The van der Waals surface area contributed by atoms with Crippen molar-refractivity contribution in [2.24, 2.45) is 0 Å². The predicted octanol–water partition coefficient (Wildman–Crippen LogP) is 2.69. The molecule has 0 aromatic heterocycles. The second-order valence-corrected chi connectivity index (χ2v) is 7.45. The van der Waals surface area contributed by atoms with Gasteiger partial charge in [0.1, 0.15) is 0 Å². The van der Waals surface area contributed by atoms with Crippen LogP contribution in [0.5, 0.6) is 0 Å². The Labute approximate surface area is 137 Å². The lowest BCUT2D eigenvalue weighted by atomic mass is 10.1. The van der Waals surface area contributed by atoms with Gasteiger partial charge in [0.2, 0.25) is 0 Å². The molecule has 122 valence electrons. The topological polar surface area (TPSA) is 49.4 Å². The van der Waals surface area contributed by atoms with Crippen LogP contribution in [0.25, 0.3) is 0 Å². The van der Waals surface area contributed by atoms with Crippen molar-refractivity contribution >= 4 is 24.0 Å². The molecule has 1 amide bonds. The lowest BCUT2D eigenvalue weighted by molar-refractivity contribution is 0.0800. The molecule has 1 aromatic rings. The van der Waals surface area contributed by atoms with Crippen molar-refractivity contribution in [3.05, 3.63) is 35.4 Å².